The Labute approximate surface area is 48.7 Å². The van der Waals surface area contributed by atoms with Crippen LogP contribution in [-0.4, -0.2) is 31.4 Å². The maximum atomic E-state index is 8.49. The van der Waals surface area contributed by atoms with Crippen molar-refractivity contribution in [2.75, 3.05) is 26.3 Å². The molecule has 1 aliphatic heterocycles. The average Bonchev–Trinajstić information content (AvgIpc) is 1.90. The monoisotopic (exact) mass is 116 g/mol. The summed E-state index contributed by atoms with van der Waals surface area (Å²) in [6.07, 6.45) is 0.747. The van der Waals surface area contributed by atoms with Gasteiger partial charge >= 0.3 is 0 Å². The number of morpholine rings is 1. The molecule has 1 heterocycles. The minimum Gasteiger partial charge on any atom is -0.393 e. The number of rotatable bonds is 1. The summed E-state index contributed by atoms with van der Waals surface area (Å²) in [5.41, 5.74) is 0. The van der Waals surface area contributed by atoms with Gasteiger partial charge in [0, 0.05) is 13.1 Å². The van der Waals surface area contributed by atoms with Gasteiger partial charge in [-0.15, -0.1) is 0 Å². The molecule has 0 aromatic carbocycles. The summed E-state index contributed by atoms with van der Waals surface area (Å²) in [5, 5.41) is 11.6. The highest BCUT2D eigenvalue weighted by Crippen LogP contribution is 2.01. The smallest absolute Gasteiger partial charge is 0.136 e. The standard InChI is InChI=1S/C5H10NO2/c7-4-5-3-6-1-2-8-5/h6-7H,1-4H2. The highest BCUT2D eigenvalue weighted by Gasteiger charge is 2.11. The minimum absolute atomic E-state index is 0.0486. The summed E-state index contributed by atoms with van der Waals surface area (Å²) in [5.74, 6) is 0. The fourth-order valence-corrected chi connectivity index (χ4v) is 0.648. The molecule has 0 spiro atoms. The van der Waals surface area contributed by atoms with E-state index >= 15 is 0 Å². The number of hydrogen-bond donors (Lipinski definition) is 2. The average molecular weight is 116 g/mol. The summed E-state index contributed by atoms with van der Waals surface area (Å²) in [6.45, 7) is 2.34. The molecule has 1 fully saturated rings. The Hall–Kier alpha value is -0.120. The van der Waals surface area contributed by atoms with Crippen LogP contribution in [0.2, 0.25) is 0 Å². The van der Waals surface area contributed by atoms with Crippen molar-refractivity contribution in [2.24, 2.45) is 0 Å². The summed E-state index contributed by atoms with van der Waals surface area (Å²) in [4.78, 5) is 0. The lowest BCUT2D eigenvalue weighted by molar-refractivity contribution is 0.0718. The fourth-order valence-electron chi connectivity index (χ4n) is 0.648. The first kappa shape index (κ1) is 6.01. The van der Waals surface area contributed by atoms with E-state index in [1.165, 1.54) is 0 Å². The third-order valence-corrected chi connectivity index (χ3v) is 1.08. The molecule has 1 saturated heterocycles. The van der Waals surface area contributed by atoms with E-state index in [9.17, 15) is 0 Å². The summed E-state index contributed by atoms with van der Waals surface area (Å²) in [6, 6.07) is 0. The highest BCUT2D eigenvalue weighted by atomic mass is 16.5. The van der Waals surface area contributed by atoms with Gasteiger partial charge in [-0.1, -0.05) is 0 Å². The Balaban J connectivity index is 2.13. The van der Waals surface area contributed by atoms with Gasteiger partial charge in [-0.3, -0.25) is 0 Å². The van der Waals surface area contributed by atoms with E-state index in [4.69, 9.17) is 9.84 Å². The van der Waals surface area contributed by atoms with Gasteiger partial charge in [-0.2, -0.15) is 0 Å². The Kier molecular flexibility index (Phi) is 2.27. The lowest BCUT2D eigenvalue weighted by Crippen LogP contribution is -2.34. The van der Waals surface area contributed by atoms with Crippen molar-refractivity contribution < 1.29 is 9.84 Å². The third-order valence-electron chi connectivity index (χ3n) is 1.08. The largest absolute Gasteiger partial charge is 0.393 e. The first-order valence-corrected chi connectivity index (χ1v) is 2.72. The zero-order valence-corrected chi connectivity index (χ0v) is 4.68. The van der Waals surface area contributed by atoms with Gasteiger partial charge in [0.2, 0.25) is 0 Å². The molecule has 0 aromatic heterocycles. The first-order valence-electron chi connectivity index (χ1n) is 2.72. The zero-order chi connectivity index (χ0) is 5.82. The molecule has 8 heavy (non-hydrogen) atoms. The van der Waals surface area contributed by atoms with Crippen molar-refractivity contribution in [1.82, 2.24) is 5.32 Å². The normalized spacial score (nSPS) is 23.6. The Morgan fingerprint density at radius 3 is 3.00 bits per heavy atom. The second-order valence-electron chi connectivity index (χ2n) is 1.72. The molecule has 3 heteroatoms. The van der Waals surface area contributed by atoms with Crippen LogP contribution in [0.4, 0.5) is 0 Å². The van der Waals surface area contributed by atoms with Gasteiger partial charge < -0.3 is 15.2 Å². The number of aliphatic hydroxyl groups excluding tert-OH is 1. The number of nitrogens with one attached hydrogen (secondary N) is 1. The predicted octanol–water partition coefficient (Wildman–Crippen LogP) is -0.870. The number of ether oxygens (including phenoxy) is 1. The summed E-state index contributed by atoms with van der Waals surface area (Å²) < 4.78 is 5.03. The third kappa shape index (κ3) is 1.43. The van der Waals surface area contributed by atoms with Gasteiger partial charge in [0.25, 0.3) is 0 Å². The second kappa shape index (κ2) is 3.02. The molecule has 0 amide bonds. The van der Waals surface area contributed by atoms with E-state index in [0.29, 0.717) is 13.2 Å². The van der Waals surface area contributed by atoms with Crippen LogP contribution in [0, 0.1) is 6.10 Å². The van der Waals surface area contributed by atoms with Crippen LogP contribution in [0.15, 0.2) is 0 Å². The van der Waals surface area contributed by atoms with Crippen molar-refractivity contribution in [1.29, 1.82) is 0 Å². The van der Waals surface area contributed by atoms with E-state index in [2.05, 4.69) is 5.32 Å². The van der Waals surface area contributed by atoms with Crippen LogP contribution in [0.3, 0.4) is 0 Å². The van der Waals surface area contributed by atoms with Gasteiger partial charge in [0.15, 0.2) is 0 Å². The molecule has 1 rings (SSSR count). The Morgan fingerprint density at radius 1 is 1.75 bits per heavy atom. The van der Waals surface area contributed by atoms with Gasteiger partial charge in [0.05, 0.1) is 13.2 Å². The topological polar surface area (TPSA) is 41.5 Å². The first-order chi connectivity index (χ1) is 3.93. The molecule has 0 unspecified atom stereocenters. The molecule has 47 valence electrons. The van der Waals surface area contributed by atoms with Crippen LogP contribution >= 0.6 is 0 Å². The van der Waals surface area contributed by atoms with Crippen molar-refractivity contribution in [3.63, 3.8) is 0 Å². The number of hydrogen-bond acceptors (Lipinski definition) is 3. The maximum Gasteiger partial charge on any atom is 0.136 e. The summed E-state index contributed by atoms with van der Waals surface area (Å²) in [7, 11) is 0. The molecule has 0 bridgehead atoms. The quantitative estimate of drug-likeness (QED) is 0.468. The second-order valence-corrected chi connectivity index (χ2v) is 1.72. The van der Waals surface area contributed by atoms with Gasteiger partial charge in [-0.25, -0.2) is 0 Å². The SMILES string of the molecule is OC[C]1CNCCO1. The zero-order valence-electron chi connectivity index (χ0n) is 4.68. The Bertz CT molecular complexity index is 61.4. The number of aliphatic hydroxyl groups is 1. The van der Waals surface area contributed by atoms with E-state index in [1.807, 2.05) is 0 Å². The van der Waals surface area contributed by atoms with Crippen LogP contribution < -0.4 is 5.32 Å². The molecular formula is C5H10NO2. The van der Waals surface area contributed by atoms with E-state index in [0.717, 1.165) is 12.6 Å². The van der Waals surface area contributed by atoms with E-state index < -0.39 is 0 Å². The van der Waals surface area contributed by atoms with Crippen molar-refractivity contribution in [3.05, 3.63) is 6.10 Å². The Morgan fingerprint density at radius 2 is 2.62 bits per heavy atom. The van der Waals surface area contributed by atoms with Crippen LogP contribution in [-0.2, 0) is 4.74 Å². The molecular weight excluding hydrogens is 106 g/mol. The lowest BCUT2D eigenvalue weighted by Gasteiger charge is -2.19. The van der Waals surface area contributed by atoms with Crippen molar-refractivity contribution >= 4 is 0 Å². The van der Waals surface area contributed by atoms with Gasteiger partial charge in [0.1, 0.15) is 6.10 Å². The van der Waals surface area contributed by atoms with Crippen molar-refractivity contribution in [3.8, 4) is 0 Å². The van der Waals surface area contributed by atoms with Crippen molar-refractivity contribution in [2.45, 2.75) is 0 Å². The maximum absolute atomic E-state index is 8.49. The van der Waals surface area contributed by atoms with Gasteiger partial charge in [-0.05, 0) is 0 Å². The molecule has 0 aromatic rings. The molecule has 0 atom stereocenters. The molecule has 0 aliphatic carbocycles. The fraction of sp³-hybridized carbons (Fsp3) is 0.800. The van der Waals surface area contributed by atoms with Crippen LogP contribution in [0.5, 0.6) is 0 Å². The highest BCUT2D eigenvalue weighted by molar-refractivity contribution is 4.83. The molecule has 3 nitrogen and oxygen atoms in total. The molecule has 1 radical (unpaired) electrons. The lowest BCUT2D eigenvalue weighted by atomic mass is 10.3. The van der Waals surface area contributed by atoms with E-state index in [-0.39, 0.29) is 6.61 Å². The van der Waals surface area contributed by atoms with Crippen LogP contribution in [0.1, 0.15) is 0 Å². The molecule has 2 N–H and O–H groups in total. The molecule has 1 aliphatic rings. The minimum atomic E-state index is 0.0486. The van der Waals surface area contributed by atoms with E-state index in [1.54, 1.807) is 0 Å². The predicted molar refractivity (Wildman–Crippen MR) is 29.2 cm³/mol. The molecule has 0 saturated carbocycles. The van der Waals surface area contributed by atoms with Crippen LogP contribution in [0.25, 0.3) is 0 Å². The summed E-state index contributed by atoms with van der Waals surface area (Å²) >= 11 is 0.